The highest BCUT2D eigenvalue weighted by molar-refractivity contribution is 9.10. The first-order valence-corrected chi connectivity index (χ1v) is 49.2. The van der Waals surface area contributed by atoms with Crippen molar-refractivity contribution in [3.05, 3.63) is 651 Å². The normalized spacial score (nSPS) is 13.6. The van der Waals surface area contributed by atoms with E-state index < -0.39 is 0 Å². The Bertz CT molecular complexity index is 8290. The van der Waals surface area contributed by atoms with E-state index in [1.165, 1.54) is 211 Å². The van der Waals surface area contributed by atoms with Crippen LogP contribution in [0.15, 0.2) is 550 Å². The number of benzene rings is 22. The van der Waals surface area contributed by atoms with Crippen LogP contribution in [0.25, 0.3) is 111 Å². The maximum absolute atomic E-state index is 3.67. The quantitative estimate of drug-likeness (QED) is 0.111. The molecule has 6 aliphatic carbocycles. The van der Waals surface area contributed by atoms with Gasteiger partial charge in [-0.05, 0) is 278 Å². The molecule has 0 bridgehead atoms. The van der Waals surface area contributed by atoms with Gasteiger partial charge in [0.15, 0.2) is 0 Å². The number of hydrogen-bond donors (Lipinski definition) is 0. The van der Waals surface area contributed by atoms with E-state index >= 15 is 0 Å². The summed E-state index contributed by atoms with van der Waals surface area (Å²) in [5, 5.41) is 0. The molecular formula is C137H92BrN. The van der Waals surface area contributed by atoms with E-state index in [-0.39, 0.29) is 21.7 Å². The van der Waals surface area contributed by atoms with Crippen LogP contribution in [0.4, 0.5) is 17.1 Å². The van der Waals surface area contributed by atoms with Gasteiger partial charge in [-0.3, -0.25) is 0 Å². The topological polar surface area (TPSA) is 3.24 Å². The van der Waals surface area contributed by atoms with Crippen LogP contribution in [0.1, 0.15) is 100 Å². The number of fused-ring (bicyclic) bond motifs is 26. The van der Waals surface area contributed by atoms with Crippen molar-refractivity contribution < 1.29 is 0 Å². The summed E-state index contributed by atoms with van der Waals surface area (Å²) < 4.78 is 1.11. The van der Waals surface area contributed by atoms with Crippen LogP contribution in [0, 0.1) is 0 Å². The molecule has 0 saturated carbocycles. The minimum absolute atomic E-state index is 0.283. The fourth-order valence-electron chi connectivity index (χ4n) is 24.7. The van der Waals surface area contributed by atoms with Crippen molar-refractivity contribution in [3.8, 4) is 111 Å². The van der Waals surface area contributed by atoms with Crippen LogP contribution in [0.3, 0.4) is 0 Å². The second kappa shape index (κ2) is 33.9. The van der Waals surface area contributed by atoms with E-state index in [0.717, 1.165) is 28.0 Å². The smallest absolute Gasteiger partial charge is 0.0725 e. The minimum atomic E-state index is -0.389. The molecule has 0 saturated heterocycles. The zero-order chi connectivity index (χ0) is 92.2. The van der Waals surface area contributed by atoms with E-state index in [1.54, 1.807) is 0 Å². The Morgan fingerprint density at radius 2 is 0.360 bits per heavy atom. The lowest BCUT2D eigenvalue weighted by atomic mass is 9.67. The van der Waals surface area contributed by atoms with Gasteiger partial charge in [-0.1, -0.05) is 501 Å². The molecule has 0 fully saturated rings. The highest BCUT2D eigenvalue weighted by Gasteiger charge is 2.55. The average Bonchev–Trinajstić information content (AvgIpc) is 1.52. The Labute approximate surface area is 821 Å². The van der Waals surface area contributed by atoms with E-state index in [1.807, 2.05) is 0 Å². The van der Waals surface area contributed by atoms with Gasteiger partial charge in [-0.2, -0.15) is 0 Å². The molecular weight excluding hydrogens is 1740 g/mol. The van der Waals surface area contributed by atoms with Gasteiger partial charge in [-0.25, -0.2) is 0 Å². The van der Waals surface area contributed by atoms with Gasteiger partial charge in [0, 0.05) is 21.5 Å². The first-order chi connectivity index (χ1) is 68.8. The van der Waals surface area contributed by atoms with Crippen molar-refractivity contribution >= 4 is 33.0 Å². The molecule has 22 aromatic rings. The summed E-state index contributed by atoms with van der Waals surface area (Å²) >= 11 is 3.67. The first kappa shape index (κ1) is 82.8. The molecule has 0 amide bonds. The lowest BCUT2D eigenvalue weighted by Crippen LogP contribution is -2.28. The second-order valence-electron chi connectivity index (χ2n) is 37.5. The molecule has 0 N–H and O–H groups in total. The van der Waals surface area contributed by atoms with Crippen molar-refractivity contribution in [2.45, 2.75) is 28.1 Å². The molecule has 0 unspecified atom stereocenters. The summed E-state index contributed by atoms with van der Waals surface area (Å²) in [6.45, 7) is 0. The SMILES string of the molecule is Brc1ccc2c(c1)-c1ccccc1C2(c1ccccc1)c1ccccc1.c1ccc(-c2ccc(Cc3ccc(-c4ccc5c(c4)C(c4ccccc4)(c4ccccc4)c4ccccc4-5)cc3)cc2)cc1.c1ccc(-c2ccc(N(c3ccc(-c4ccc5c(c4)C4(c6ccccc6-c6ccccc64)c4ccccc4-5)cc3)c3ccc4c(c3)-c3ccccc3C43c4ccccc4-c4ccccc43)cc2)cc1. The van der Waals surface area contributed by atoms with Crippen molar-refractivity contribution in [1.29, 1.82) is 0 Å². The Morgan fingerprint density at radius 1 is 0.144 bits per heavy atom. The van der Waals surface area contributed by atoms with Gasteiger partial charge in [0.2, 0.25) is 0 Å². The first-order valence-electron chi connectivity index (χ1n) is 48.4. The van der Waals surface area contributed by atoms with Crippen molar-refractivity contribution in [2.24, 2.45) is 0 Å². The summed E-state index contributed by atoms with van der Waals surface area (Å²) in [4.78, 5) is 2.43. The molecule has 22 aromatic carbocycles. The Morgan fingerprint density at radius 3 is 0.705 bits per heavy atom. The van der Waals surface area contributed by atoms with Gasteiger partial charge in [0.05, 0.1) is 21.7 Å². The summed E-state index contributed by atoms with van der Waals surface area (Å²) in [6.07, 6.45) is 0.917. The third-order valence-electron chi connectivity index (χ3n) is 30.6. The van der Waals surface area contributed by atoms with Crippen LogP contribution in [0.2, 0.25) is 0 Å². The zero-order valence-corrected chi connectivity index (χ0v) is 78.1. The highest BCUT2D eigenvalue weighted by Crippen LogP contribution is 2.67. The number of halogens is 1. The fraction of sp³-hybridized carbons (Fsp3) is 0.0365. The van der Waals surface area contributed by atoms with E-state index in [2.05, 4.69) is 567 Å². The molecule has 2 heteroatoms. The van der Waals surface area contributed by atoms with Crippen LogP contribution in [-0.2, 0) is 28.1 Å². The summed E-state index contributed by atoms with van der Waals surface area (Å²) in [7, 11) is 0. The lowest BCUT2D eigenvalue weighted by Gasteiger charge is -2.34. The molecule has 0 heterocycles. The van der Waals surface area contributed by atoms with E-state index in [0.29, 0.717) is 0 Å². The zero-order valence-electron chi connectivity index (χ0n) is 76.5. The molecule has 28 rings (SSSR count). The molecule has 0 radical (unpaired) electrons. The Hall–Kier alpha value is -16.9. The standard InChI is InChI=1S/C68H43N.C44H32.C25H17Br/c1-2-16-44(17-3-1)45-30-35-48(36-31-45)69(50-39-41-65-58(43-50)56-23-9-15-29-64(56)67(65)59-24-10-4-18-51(59)52-19-5-11-25-60(52)67)49-37-32-46(33-38-49)47-34-40-57-55-22-8-14-28-63(55)68(66(57)42-47)61-26-12-6-20-53(61)54-21-7-13-27-62(54)68;1-4-12-34(13-5-1)35-24-20-32(21-25-35)30-33-22-26-36(27-23-33)37-28-29-41-40-18-10-11-19-42(40)44(43(41)31-37,38-14-6-2-7-15-38)39-16-8-3-9-17-39;26-20-15-16-24-22(17-20)21-13-7-8-14-23(21)25(24,18-9-3-1-4-10-18)19-11-5-2-6-12-19/h1-43H;1-29,31H,30H2;1-17H. The lowest BCUT2D eigenvalue weighted by molar-refractivity contribution is 0.768. The van der Waals surface area contributed by atoms with Crippen LogP contribution < -0.4 is 4.90 Å². The predicted molar refractivity (Wildman–Crippen MR) is 580 cm³/mol. The molecule has 0 atom stereocenters. The Kier molecular flexibility index (Phi) is 20.2. The average molecular weight is 1830 g/mol. The maximum atomic E-state index is 3.67. The molecule has 1 nitrogen and oxygen atoms in total. The molecule has 0 aromatic heterocycles. The third kappa shape index (κ3) is 13.0. The van der Waals surface area contributed by atoms with Gasteiger partial charge in [-0.15, -0.1) is 0 Å². The number of rotatable bonds is 13. The number of anilines is 3. The predicted octanol–water partition coefficient (Wildman–Crippen LogP) is 35.0. The summed E-state index contributed by atoms with van der Waals surface area (Å²) in [6, 6.07) is 202. The van der Waals surface area contributed by atoms with Crippen molar-refractivity contribution in [1.82, 2.24) is 0 Å². The monoisotopic (exact) mass is 1830 g/mol. The maximum Gasteiger partial charge on any atom is 0.0725 e. The molecule has 139 heavy (non-hydrogen) atoms. The van der Waals surface area contributed by atoms with Crippen molar-refractivity contribution in [3.63, 3.8) is 0 Å². The van der Waals surface area contributed by atoms with E-state index in [9.17, 15) is 0 Å². The van der Waals surface area contributed by atoms with Gasteiger partial charge < -0.3 is 4.90 Å². The van der Waals surface area contributed by atoms with Crippen LogP contribution in [0.5, 0.6) is 0 Å². The van der Waals surface area contributed by atoms with Crippen LogP contribution in [-0.4, -0.2) is 0 Å². The summed E-state index contributed by atoms with van der Waals surface area (Å²) in [5.41, 5.74) is 51.5. The molecule has 6 aliphatic rings. The third-order valence-corrected chi connectivity index (χ3v) is 31.1. The molecule has 2 spiro atoms. The fourth-order valence-corrected chi connectivity index (χ4v) is 25.1. The minimum Gasteiger partial charge on any atom is -0.310 e. The van der Waals surface area contributed by atoms with Crippen molar-refractivity contribution in [2.75, 3.05) is 4.90 Å². The van der Waals surface area contributed by atoms with Gasteiger partial charge in [0.1, 0.15) is 0 Å². The highest BCUT2D eigenvalue weighted by atomic mass is 79.9. The second-order valence-corrected chi connectivity index (χ2v) is 38.4. The Balaban J connectivity index is 0.000000121. The van der Waals surface area contributed by atoms with Crippen LogP contribution >= 0.6 is 15.9 Å². The molecule has 0 aliphatic heterocycles. The summed E-state index contributed by atoms with van der Waals surface area (Å²) in [5.74, 6) is 0. The van der Waals surface area contributed by atoms with Gasteiger partial charge >= 0.3 is 0 Å². The number of nitrogens with zero attached hydrogens (tertiary/aromatic N) is 1. The largest absolute Gasteiger partial charge is 0.310 e. The molecule has 652 valence electrons. The van der Waals surface area contributed by atoms with Gasteiger partial charge in [0.25, 0.3) is 0 Å². The number of hydrogen-bond acceptors (Lipinski definition) is 1. The van der Waals surface area contributed by atoms with E-state index in [4.69, 9.17) is 0 Å².